The van der Waals surface area contributed by atoms with Crippen LogP contribution in [0.5, 0.6) is 0 Å². The summed E-state index contributed by atoms with van der Waals surface area (Å²) in [7, 11) is 0. The van der Waals surface area contributed by atoms with E-state index in [0.29, 0.717) is 6.04 Å². The fraction of sp³-hybridized carbons (Fsp3) is 1.00. The van der Waals surface area contributed by atoms with Gasteiger partial charge in [-0.1, -0.05) is 0 Å². The second-order valence-corrected chi connectivity index (χ2v) is 5.11. The molecule has 3 nitrogen and oxygen atoms in total. The van der Waals surface area contributed by atoms with Crippen LogP contribution in [-0.2, 0) is 9.47 Å². The van der Waals surface area contributed by atoms with Crippen LogP contribution in [-0.4, -0.2) is 38.0 Å². The Bertz CT molecular complexity index is 188. The van der Waals surface area contributed by atoms with Gasteiger partial charge in [0.1, 0.15) is 0 Å². The van der Waals surface area contributed by atoms with E-state index in [2.05, 4.69) is 19.2 Å². The smallest absolute Gasteiger partial charge is 0.0643 e. The van der Waals surface area contributed by atoms with Crippen LogP contribution in [0, 0.1) is 5.92 Å². The van der Waals surface area contributed by atoms with Crippen LogP contribution in [0.4, 0.5) is 0 Å². The first-order valence-corrected chi connectivity index (χ1v) is 5.61. The van der Waals surface area contributed by atoms with Crippen LogP contribution >= 0.6 is 0 Å². The molecule has 82 valence electrons. The lowest BCUT2D eigenvalue weighted by Gasteiger charge is -2.17. The molecular weight excluding hydrogens is 178 g/mol. The van der Waals surface area contributed by atoms with Crippen molar-refractivity contribution in [3.63, 3.8) is 0 Å². The predicted molar refractivity (Wildman–Crippen MR) is 55.4 cm³/mol. The van der Waals surface area contributed by atoms with Gasteiger partial charge in [-0.05, 0) is 32.6 Å². The number of rotatable bonds is 3. The molecule has 0 aliphatic carbocycles. The Balaban J connectivity index is 1.66. The molecule has 0 aromatic carbocycles. The molecule has 2 aliphatic heterocycles. The van der Waals surface area contributed by atoms with E-state index in [4.69, 9.17) is 9.47 Å². The standard InChI is InChI=1S/C11H21NO2/c1-11(2)5-10(8-14-11)12-6-9-3-4-13-7-9/h9-10,12H,3-8H2,1-2H3. The minimum atomic E-state index is 0.0733. The first-order chi connectivity index (χ1) is 6.66. The van der Waals surface area contributed by atoms with E-state index in [1.54, 1.807) is 0 Å². The fourth-order valence-corrected chi connectivity index (χ4v) is 2.25. The molecule has 0 amide bonds. The highest BCUT2D eigenvalue weighted by Crippen LogP contribution is 2.24. The Hall–Kier alpha value is -0.120. The van der Waals surface area contributed by atoms with Crippen molar-refractivity contribution < 1.29 is 9.47 Å². The maximum Gasteiger partial charge on any atom is 0.0643 e. The van der Waals surface area contributed by atoms with Crippen molar-refractivity contribution in [3.8, 4) is 0 Å². The van der Waals surface area contributed by atoms with Crippen LogP contribution in [0.1, 0.15) is 26.7 Å². The van der Waals surface area contributed by atoms with Gasteiger partial charge in [0.25, 0.3) is 0 Å². The summed E-state index contributed by atoms with van der Waals surface area (Å²) in [5.74, 6) is 0.721. The van der Waals surface area contributed by atoms with E-state index < -0.39 is 0 Å². The highest BCUT2D eigenvalue weighted by Gasteiger charge is 2.32. The van der Waals surface area contributed by atoms with E-state index >= 15 is 0 Å². The quantitative estimate of drug-likeness (QED) is 0.740. The zero-order valence-electron chi connectivity index (χ0n) is 9.21. The van der Waals surface area contributed by atoms with Gasteiger partial charge >= 0.3 is 0 Å². The Morgan fingerprint density at radius 1 is 1.36 bits per heavy atom. The van der Waals surface area contributed by atoms with E-state index in [1.807, 2.05) is 0 Å². The average Bonchev–Trinajstić information content (AvgIpc) is 2.70. The monoisotopic (exact) mass is 199 g/mol. The first-order valence-electron chi connectivity index (χ1n) is 5.61. The number of hydrogen-bond donors (Lipinski definition) is 1. The minimum Gasteiger partial charge on any atom is -0.381 e. The van der Waals surface area contributed by atoms with Crippen molar-refractivity contribution in [2.75, 3.05) is 26.4 Å². The van der Waals surface area contributed by atoms with Crippen LogP contribution < -0.4 is 5.32 Å². The molecule has 2 aliphatic rings. The SMILES string of the molecule is CC1(C)CC(NCC2CCOC2)CO1. The van der Waals surface area contributed by atoms with Crippen LogP contribution in [0.15, 0.2) is 0 Å². The minimum absolute atomic E-state index is 0.0733. The van der Waals surface area contributed by atoms with Crippen molar-refractivity contribution >= 4 is 0 Å². The number of ether oxygens (including phenoxy) is 2. The third-order valence-electron chi connectivity index (χ3n) is 3.13. The topological polar surface area (TPSA) is 30.5 Å². The Morgan fingerprint density at radius 2 is 2.21 bits per heavy atom. The summed E-state index contributed by atoms with van der Waals surface area (Å²) in [6.45, 7) is 8.15. The van der Waals surface area contributed by atoms with Gasteiger partial charge in [0, 0.05) is 19.2 Å². The number of hydrogen-bond acceptors (Lipinski definition) is 3. The van der Waals surface area contributed by atoms with Crippen molar-refractivity contribution in [2.45, 2.75) is 38.3 Å². The lowest BCUT2D eigenvalue weighted by molar-refractivity contribution is 0.0356. The molecule has 2 atom stereocenters. The molecule has 2 saturated heterocycles. The molecule has 3 heteroatoms. The third-order valence-corrected chi connectivity index (χ3v) is 3.13. The third kappa shape index (κ3) is 2.69. The molecule has 0 bridgehead atoms. The molecule has 0 saturated carbocycles. The number of nitrogens with one attached hydrogen (secondary N) is 1. The van der Waals surface area contributed by atoms with Crippen LogP contribution in [0.25, 0.3) is 0 Å². The molecule has 0 aromatic rings. The average molecular weight is 199 g/mol. The van der Waals surface area contributed by atoms with Gasteiger partial charge in [-0.3, -0.25) is 0 Å². The van der Waals surface area contributed by atoms with Gasteiger partial charge in [0.2, 0.25) is 0 Å². The summed E-state index contributed by atoms with van der Waals surface area (Å²) in [5.41, 5.74) is 0.0733. The summed E-state index contributed by atoms with van der Waals surface area (Å²) < 4.78 is 11.0. The molecule has 1 N–H and O–H groups in total. The summed E-state index contributed by atoms with van der Waals surface area (Å²) in [6.07, 6.45) is 2.34. The van der Waals surface area contributed by atoms with Gasteiger partial charge in [-0.2, -0.15) is 0 Å². The largest absolute Gasteiger partial charge is 0.381 e. The van der Waals surface area contributed by atoms with E-state index in [9.17, 15) is 0 Å². The van der Waals surface area contributed by atoms with Crippen molar-refractivity contribution in [3.05, 3.63) is 0 Å². The lowest BCUT2D eigenvalue weighted by atomic mass is 10.0. The lowest BCUT2D eigenvalue weighted by Crippen LogP contribution is -2.34. The van der Waals surface area contributed by atoms with Gasteiger partial charge in [0.05, 0.1) is 18.8 Å². The molecule has 0 aromatic heterocycles. The molecule has 2 fully saturated rings. The van der Waals surface area contributed by atoms with E-state index in [0.717, 1.165) is 38.7 Å². The molecular formula is C11H21NO2. The maximum absolute atomic E-state index is 5.67. The van der Waals surface area contributed by atoms with Crippen LogP contribution in [0.3, 0.4) is 0 Å². The van der Waals surface area contributed by atoms with Crippen molar-refractivity contribution in [1.82, 2.24) is 5.32 Å². The molecule has 2 unspecified atom stereocenters. The summed E-state index contributed by atoms with van der Waals surface area (Å²) in [5, 5.41) is 3.57. The summed E-state index contributed by atoms with van der Waals surface area (Å²) in [4.78, 5) is 0. The molecule has 0 radical (unpaired) electrons. The first kappa shape index (κ1) is 10.4. The van der Waals surface area contributed by atoms with Crippen molar-refractivity contribution in [2.24, 2.45) is 5.92 Å². The van der Waals surface area contributed by atoms with Crippen molar-refractivity contribution in [1.29, 1.82) is 0 Å². The Morgan fingerprint density at radius 3 is 2.79 bits per heavy atom. The highest BCUT2D eigenvalue weighted by atomic mass is 16.5. The summed E-state index contributed by atoms with van der Waals surface area (Å²) in [6, 6.07) is 0.547. The summed E-state index contributed by atoms with van der Waals surface area (Å²) >= 11 is 0. The van der Waals surface area contributed by atoms with E-state index in [1.165, 1.54) is 6.42 Å². The van der Waals surface area contributed by atoms with Gasteiger partial charge in [-0.15, -0.1) is 0 Å². The second-order valence-electron chi connectivity index (χ2n) is 5.11. The molecule has 2 rings (SSSR count). The van der Waals surface area contributed by atoms with Gasteiger partial charge < -0.3 is 14.8 Å². The normalized spacial score (nSPS) is 36.4. The Labute approximate surface area is 86.2 Å². The fourth-order valence-electron chi connectivity index (χ4n) is 2.25. The maximum atomic E-state index is 5.67. The van der Waals surface area contributed by atoms with Gasteiger partial charge in [-0.25, -0.2) is 0 Å². The van der Waals surface area contributed by atoms with E-state index in [-0.39, 0.29) is 5.60 Å². The molecule has 2 heterocycles. The zero-order valence-corrected chi connectivity index (χ0v) is 9.21. The molecule has 14 heavy (non-hydrogen) atoms. The Kier molecular flexibility index (Phi) is 3.10. The predicted octanol–water partition coefficient (Wildman–Crippen LogP) is 1.18. The van der Waals surface area contributed by atoms with Gasteiger partial charge in [0.15, 0.2) is 0 Å². The molecule has 0 spiro atoms. The zero-order chi connectivity index (χ0) is 10.0. The van der Waals surface area contributed by atoms with Crippen LogP contribution in [0.2, 0.25) is 0 Å². The highest BCUT2D eigenvalue weighted by molar-refractivity contribution is 4.86. The second kappa shape index (κ2) is 4.17.